The van der Waals surface area contributed by atoms with Crippen LogP contribution in [-0.2, 0) is 24.8 Å². The molecule has 2 aliphatic rings. The molecule has 8 rings (SSSR count). The molecule has 2 aromatic heterocycles. The van der Waals surface area contributed by atoms with E-state index in [1.165, 1.54) is 81.1 Å². The lowest BCUT2D eigenvalue weighted by Crippen LogP contribution is -2.40. The van der Waals surface area contributed by atoms with Crippen molar-refractivity contribution >= 4 is 87.6 Å². The Morgan fingerprint density at radius 1 is 0.686 bits per heavy atom. The van der Waals surface area contributed by atoms with Gasteiger partial charge < -0.3 is 24.8 Å². The topological polar surface area (TPSA) is 170 Å². The summed E-state index contributed by atoms with van der Waals surface area (Å²) >= 11 is 15.0. The number of aromatic nitrogens is 2. The maximum atomic E-state index is 13.4. The molecular formula is C49H56Cl2F2N6O7S4. The SMILES string of the molecule is COc1ccc(-c2sc(NC(C)(C)C3CCCCC3)nc2C)cc1S(=O)(=O)Nc1ccc(F)cc1Cl.COc1ccc(-c2sc(NCC3CCOCC3)nc2C)cc1S(=O)(=O)Nc1ccc(F)cc1Cl. The van der Waals surface area contributed by atoms with E-state index >= 15 is 0 Å². The van der Waals surface area contributed by atoms with Gasteiger partial charge in [-0.25, -0.2) is 35.6 Å². The Morgan fingerprint density at radius 3 is 1.63 bits per heavy atom. The van der Waals surface area contributed by atoms with Crippen molar-refractivity contribution in [2.75, 3.05) is 54.1 Å². The molecule has 4 aromatic carbocycles. The van der Waals surface area contributed by atoms with Gasteiger partial charge in [-0.05, 0) is 149 Å². The summed E-state index contributed by atoms with van der Waals surface area (Å²) in [5.41, 5.74) is 3.07. The van der Waals surface area contributed by atoms with E-state index in [9.17, 15) is 25.6 Å². The molecule has 2 fully saturated rings. The molecule has 6 aromatic rings. The molecule has 0 unspecified atom stereocenters. The molecule has 1 saturated heterocycles. The summed E-state index contributed by atoms with van der Waals surface area (Å²) in [6.45, 7) is 10.7. The average Bonchev–Trinajstić information content (AvgIpc) is 3.90. The first kappa shape index (κ1) is 53.0. The molecule has 376 valence electrons. The number of thiazole rings is 2. The van der Waals surface area contributed by atoms with Crippen LogP contribution in [0.5, 0.6) is 11.5 Å². The fourth-order valence-electron chi connectivity index (χ4n) is 8.44. The largest absolute Gasteiger partial charge is 0.495 e. The number of nitrogens with zero attached hydrogens (tertiary/aromatic N) is 2. The lowest BCUT2D eigenvalue weighted by atomic mass is 9.77. The van der Waals surface area contributed by atoms with Gasteiger partial charge in [0.25, 0.3) is 20.0 Å². The Kier molecular flexibility index (Phi) is 17.3. The number of rotatable bonds is 16. The Labute approximate surface area is 426 Å². The van der Waals surface area contributed by atoms with Crippen molar-refractivity contribution in [3.05, 3.63) is 106 Å². The average molecular weight is 1080 g/mol. The van der Waals surface area contributed by atoms with Crippen molar-refractivity contribution in [2.45, 2.75) is 88.0 Å². The number of aryl methyl sites for hydroxylation is 2. The molecule has 3 heterocycles. The second-order valence-corrected chi connectivity index (χ2v) is 23.8. The van der Waals surface area contributed by atoms with Crippen molar-refractivity contribution in [1.82, 2.24) is 9.97 Å². The molecule has 1 aliphatic heterocycles. The van der Waals surface area contributed by atoms with Crippen LogP contribution in [0, 0.1) is 37.3 Å². The smallest absolute Gasteiger partial charge is 0.265 e. The highest BCUT2D eigenvalue weighted by molar-refractivity contribution is 7.93. The van der Waals surface area contributed by atoms with E-state index in [1.54, 1.807) is 30.3 Å². The van der Waals surface area contributed by atoms with E-state index in [-0.39, 0.29) is 48.2 Å². The zero-order valence-electron chi connectivity index (χ0n) is 39.6. The number of nitrogens with one attached hydrogen (secondary N) is 4. The molecule has 1 saturated carbocycles. The quantitative estimate of drug-likeness (QED) is 0.0727. The highest BCUT2D eigenvalue weighted by Gasteiger charge is 2.32. The van der Waals surface area contributed by atoms with Gasteiger partial charge in [0, 0.05) is 25.3 Å². The molecule has 21 heteroatoms. The molecule has 1 aliphatic carbocycles. The first-order valence-corrected chi connectivity index (χ1v) is 28.0. The highest BCUT2D eigenvalue weighted by atomic mass is 35.5. The van der Waals surface area contributed by atoms with Crippen LogP contribution in [0.2, 0.25) is 10.0 Å². The third-order valence-electron chi connectivity index (χ3n) is 12.3. The maximum absolute atomic E-state index is 13.4. The first-order valence-electron chi connectivity index (χ1n) is 22.6. The second-order valence-electron chi connectivity index (χ2n) is 17.7. The number of anilines is 4. The third kappa shape index (κ3) is 13.0. The van der Waals surface area contributed by atoms with Gasteiger partial charge in [0.15, 0.2) is 10.3 Å². The Hall–Kier alpha value is -4.76. The molecule has 0 amide bonds. The van der Waals surface area contributed by atoms with E-state index in [2.05, 4.69) is 38.9 Å². The van der Waals surface area contributed by atoms with Gasteiger partial charge in [-0.15, -0.1) is 0 Å². The van der Waals surface area contributed by atoms with E-state index < -0.39 is 31.7 Å². The van der Waals surface area contributed by atoms with Crippen LogP contribution in [0.3, 0.4) is 0 Å². The van der Waals surface area contributed by atoms with Gasteiger partial charge >= 0.3 is 0 Å². The van der Waals surface area contributed by atoms with Crippen molar-refractivity contribution < 1.29 is 39.8 Å². The minimum absolute atomic E-state index is 0.0386. The minimum Gasteiger partial charge on any atom is -0.495 e. The Balaban J connectivity index is 0.000000207. The second kappa shape index (κ2) is 22.8. The van der Waals surface area contributed by atoms with Crippen molar-refractivity contribution in [3.63, 3.8) is 0 Å². The summed E-state index contributed by atoms with van der Waals surface area (Å²) in [5.74, 6) is 0.371. The van der Waals surface area contributed by atoms with E-state index in [4.69, 9.17) is 42.4 Å². The van der Waals surface area contributed by atoms with E-state index in [1.807, 2.05) is 19.9 Å². The molecule has 0 radical (unpaired) electrons. The van der Waals surface area contributed by atoms with E-state index in [0.717, 1.165) is 88.3 Å². The Bertz CT molecular complexity index is 3030. The first-order chi connectivity index (χ1) is 33.3. The van der Waals surface area contributed by atoms with Crippen molar-refractivity contribution in [3.8, 4) is 32.4 Å². The predicted molar refractivity (Wildman–Crippen MR) is 278 cm³/mol. The number of hydrogen-bond acceptors (Lipinski definition) is 13. The third-order valence-corrected chi connectivity index (χ3v) is 18.0. The van der Waals surface area contributed by atoms with Crippen LogP contribution in [-0.4, -0.2) is 66.3 Å². The van der Waals surface area contributed by atoms with Crippen molar-refractivity contribution in [1.29, 1.82) is 0 Å². The lowest BCUT2D eigenvalue weighted by Gasteiger charge is -2.37. The summed E-state index contributed by atoms with van der Waals surface area (Å²) in [4.78, 5) is 11.0. The normalized spacial score (nSPS) is 14.9. The number of halogens is 4. The van der Waals surface area contributed by atoms with Gasteiger partial charge in [-0.3, -0.25) is 9.44 Å². The zero-order chi connectivity index (χ0) is 50.4. The number of hydrogen-bond donors (Lipinski definition) is 4. The van der Waals surface area contributed by atoms with Crippen LogP contribution in [0.4, 0.5) is 30.4 Å². The van der Waals surface area contributed by atoms with Crippen LogP contribution in [0.1, 0.15) is 70.2 Å². The highest BCUT2D eigenvalue weighted by Crippen LogP contribution is 2.42. The molecule has 4 N–H and O–H groups in total. The van der Waals surface area contributed by atoms with Gasteiger partial charge in [0.1, 0.15) is 32.9 Å². The Morgan fingerprint density at radius 2 is 1.16 bits per heavy atom. The van der Waals surface area contributed by atoms with Crippen LogP contribution >= 0.6 is 45.9 Å². The zero-order valence-corrected chi connectivity index (χ0v) is 44.3. The number of benzene rings is 4. The summed E-state index contributed by atoms with van der Waals surface area (Å²) < 4.78 is 101. The summed E-state index contributed by atoms with van der Waals surface area (Å²) in [6, 6.07) is 16.9. The van der Waals surface area contributed by atoms with Gasteiger partial charge in [-0.1, -0.05) is 65.1 Å². The molecule has 0 bridgehead atoms. The van der Waals surface area contributed by atoms with Crippen LogP contribution < -0.4 is 29.6 Å². The van der Waals surface area contributed by atoms with Crippen molar-refractivity contribution in [2.24, 2.45) is 11.8 Å². The molecule has 13 nitrogen and oxygen atoms in total. The molecule has 70 heavy (non-hydrogen) atoms. The fourth-order valence-corrected chi connectivity index (χ4v) is 13.6. The van der Waals surface area contributed by atoms with E-state index in [0.29, 0.717) is 23.0 Å². The lowest BCUT2D eigenvalue weighted by molar-refractivity contribution is 0.0699. The predicted octanol–water partition coefficient (Wildman–Crippen LogP) is 13.1. The molecule has 0 atom stereocenters. The minimum atomic E-state index is -4.08. The number of ether oxygens (including phenoxy) is 3. The van der Waals surface area contributed by atoms with Gasteiger partial charge in [0.05, 0.1) is 56.8 Å². The standard InChI is InChI=1S/C26H31ClFN3O3S2.C23H25ClFN3O4S2/c1-16-24(35-25(29-16)30-26(2,3)18-8-6-5-7-9-18)17-10-13-22(34-4)23(14-17)36(32,33)31-21-12-11-19(28)15-20(21)27;1-14-22(33-23(27-14)26-13-15-7-9-32-10-8-15)16-3-6-20(31-2)21(11-16)34(29,30)28-19-5-4-17(25)12-18(19)24/h10-15,18,31H,5-9H2,1-4H3,(H,29,30);3-6,11-12,15,28H,7-10,13H2,1-2H3,(H,26,27). The number of methoxy groups -OCH3 is 2. The molecular weight excluding hydrogens is 1020 g/mol. The molecule has 0 spiro atoms. The summed E-state index contributed by atoms with van der Waals surface area (Å²) in [7, 11) is -5.36. The summed E-state index contributed by atoms with van der Waals surface area (Å²) in [6.07, 6.45) is 8.29. The van der Waals surface area contributed by atoms with Gasteiger partial charge in [-0.2, -0.15) is 0 Å². The number of sulfonamides is 2. The maximum Gasteiger partial charge on any atom is 0.265 e. The monoisotopic (exact) mass is 1080 g/mol. The fraction of sp³-hybridized carbons (Fsp3) is 0.388. The van der Waals surface area contributed by atoms with Crippen LogP contribution in [0.25, 0.3) is 20.9 Å². The van der Waals surface area contributed by atoms with Crippen LogP contribution in [0.15, 0.2) is 82.6 Å². The summed E-state index contributed by atoms with van der Waals surface area (Å²) in [5, 5.41) is 8.56. The van der Waals surface area contributed by atoms with Gasteiger partial charge in [0.2, 0.25) is 0 Å².